The molecule has 0 aliphatic carbocycles. The van der Waals surface area contributed by atoms with Gasteiger partial charge in [-0.1, -0.05) is 13.8 Å². The molecule has 0 bridgehead atoms. The van der Waals surface area contributed by atoms with Gasteiger partial charge in [-0.15, -0.1) is 12.4 Å². The Kier molecular flexibility index (Phi) is 9.50. The van der Waals surface area contributed by atoms with Crippen LogP contribution < -0.4 is 10.6 Å². The first-order valence-corrected chi connectivity index (χ1v) is 6.38. The maximum absolute atomic E-state index is 11.4. The quantitative estimate of drug-likeness (QED) is 0.699. The van der Waals surface area contributed by atoms with Crippen molar-refractivity contribution in [2.45, 2.75) is 26.7 Å². The molecule has 1 amide bonds. The Morgan fingerprint density at radius 1 is 1.35 bits per heavy atom. The van der Waals surface area contributed by atoms with Gasteiger partial charge in [0.1, 0.15) is 0 Å². The summed E-state index contributed by atoms with van der Waals surface area (Å²) in [6.45, 7) is 10.5. The summed E-state index contributed by atoms with van der Waals surface area (Å²) in [5.41, 5.74) is 0. The van der Waals surface area contributed by atoms with Gasteiger partial charge in [0.2, 0.25) is 5.91 Å². The van der Waals surface area contributed by atoms with Crippen LogP contribution in [0, 0.1) is 5.92 Å². The van der Waals surface area contributed by atoms with E-state index in [2.05, 4.69) is 29.4 Å². The Labute approximate surface area is 111 Å². The number of nitrogens with one attached hydrogen (secondary N) is 2. The molecule has 0 aromatic carbocycles. The fraction of sp³-hybridized carbons (Fsp3) is 0.917. The number of rotatable bonds is 6. The fourth-order valence-corrected chi connectivity index (χ4v) is 1.91. The van der Waals surface area contributed by atoms with Crippen molar-refractivity contribution in [2.75, 3.05) is 39.3 Å². The SMILES string of the molecule is CC(C)CC(=O)NCCCN1CCNCC1.Cl. The van der Waals surface area contributed by atoms with Crippen LogP contribution >= 0.6 is 12.4 Å². The van der Waals surface area contributed by atoms with Gasteiger partial charge in [0.15, 0.2) is 0 Å². The molecule has 2 N–H and O–H groups in total. The third-order valence-corrected chi connectivity index (χ3v) is 2.78. The third-order valence-electron chi connectivity index (χ3n) is 2.78. The number of hydrogen-bond donors (Lipinski definition) is 2. The van der Waals surface area contributed by atoms with Crippen molar-refractivity contribution in [1.82, 2.24) is 15.5 Å². The van der Waals surface area contributed by atoms with Crippen LogP contribution in [0.4, 0.5) is 0 Å². The molecule has 0 spiro atoms. The molecule has 0 unspecified atom stereocenters. The molecule has 1 heterocycles. The maximum Gasteiger partial charge on any atom is 0.220 e. The van der Waals surface area contributed by atoms with Crippen molar-refractivity contribution < 1.29 is 4.79 Å². The highest BCUT2D eigenvalue weighted by Gasteiger charge is 2.08. The van der Waals surface area contributed by atoms with E-state index in [4.69, 9.17) is 0 Å². The zero-order chi connectivity index (χ0) is 11.8. The van der Waals surface area contributed by atoms with Crippen LogP contribution in [0.5, 0.6) is 0 Å². The lowest BCUT2D eigenvalue weighted by Gasteiger charge is -2.27. The number of carbonyl (C=O) groups is 1. The van der Waals surface area contributed by atoms with Crippen LogP contribution in [0.25, 0.3) is 0 Å². The second-order valence-electron chi connectivity index (χ2n) is 4.89. The number of halogens is 1. The van der Waals surface area contributed by atoms with Crippen LogP contribution in [-0.4, -0.2) is 50.1 Å². The Hall–Kier alpha value is -0.320. The zero-order valence-electron chi connectivity index (χ0n) is 11.0. The minimum atomic E-state index is 0. The highest BCUT2D eigenvalue weighted by Crippen LogP contribution is 1.98. The standard InChI is InChI=1S/C12H25N3O.ClH/c1-11(2)10-12(16)14-4-3-7-15-8-5-13-6-9-15;/h11,13H,3-10H2,1-2H3,(H,14,16);1H. The molecule has 1 aliphatic heterocycles. The van der Waals surface area contributed by atoms with Gasteiger partial charge in [0, 0.05) is 39.1 Å². The van der Waals surface area contributed by atoms with Gasteiger partial charge in [-0.2, -0.15) is 0 Å². The normalized spacial score (nSPS) is 16.6. The lowest BCUT2D eigenvalue weighted by atomic mass is 10.1. The van der Waals surface area contributed by atoms with E-state index in [0.717, 1.165) is 45.7 Å². The zero-order valence-corrected chi connectivity index (χ0v) is 11.8. The van der Waals surface area contributed by atoms with Crippen LogP contribution in [0.2, 0.25) is 0 Å². The molecule has 0 atom stereocenters. The highest BCUT2D eigenvalue weighted by atomic mass is 35.5. The number of carbonyl (C=O) groups excluding carboxylic acids is 1. The first-order chi connectivity index (χ1) is 7.68. The van der Waals surface area contributed by atoms with Crippen molar-refractivity contribution >= 4 is 18.3 Å². The largest absolute Gasteiger partial charge is 0.356 e. The summed E-state index contributed by atoms with van der Waals surface area (Å²) in [5, 5.41) is 6.31. The van der Waals surface area contributed by atoms with Crippen molar-refractivity contribution in [1.29, 1.82) is 0 Å². The molecule has 0 saturated carbocycles. The first kappa shape index (κ1) is 16.7. The molecule has 0 aromatic heterocycles. The van der Waals surface area contributed by atoms with Gasteiger partial charge in [0.05, 0.1) is 0 Å². The predicted octanol–water partition coefficient (Wildman–Crippen LogP) is 0.866. The van der Waals surface area contributed by atoms with E-state index in [1.54, 1.807) is 0 Å². The molecule has 1 aliphatic rings. The van der Waals surface area contributed by atoms with Gasteiger partial charge < -0.3 is 15.5 Å². The van der Waals surface area contributed by atoms with Gasteiger partial charge in [-0.05, 0) is 18.9 Å². The molecule has 5 heteroatoms. The molecule has 1 saturated heterocycles. The van der Waals surface area contributed by atoms with E-state index in [1.807, 2.05) is 0 Å². The number of amides is 1. The molecule has 102 valence electrons. The summed E-state index contributed by atoms with van der Waals surface area (Å²) >= 11 is 0. The van der Waals surface area contributed by atoms with E-state index < -0.39 is 0 Å². The van der Waals surface area contributed by atoms with Crippen molar-refractivity contribution in [3.8, 4) is 0 Å². The van der Waals surface area contributed by atoms with Crippen LogP contribution in [0.15, 0.2) is 0 Å². The van der Waals surface area contributed by atoms with Gasteiger partial charge >= 0.3 is 0 Å². The lowest BCUT2D eigenvalue weighted by Crippen LogP contribution is -2.44. The summed E-state index contributed by atoms with van der Waals surface area (Å²) in [6, 6.07) is 0. The molecule has 4 nitrogen and oxygen atoms in total. The van der Waals surface area contributed by atoms with E-state index >= 15 is 0 Å². The van der Waals surface area contributed by atoms with Gasteiger partial charge in [0.25, 0.3) is 0 Å². The fourth-order valence-electron chi connectivity index (χ4n) is 1.91. The van der Waals surface area contributed by atoms with E-state index in [-0.39, 0.29) is 18.3 Å². The lowest BCUT2D eigenvalue weighted by molar-refractivity contribution is -0.121. The van der Waals surface area contributed by atoms with Crippen LogP contribution in [0.1, 0.15) is 26.7 Å². The Morgan fingerprint density at radius 3 is 2.59 bits per heavy atom. The Morgan fingerprint density at radius 2 is 2.00 bits per heavy atom. The minimum absolute atomic E-state index is 0. The summed E-state index contributed by atoms with van der Waals surface area (Å²) in [7, 11) is 0. The monoisotopic (exact) mass is 263 g/mol. The highest BCUT2D eigenvalue weighted by molar-refractivity contribution is 5.85. The summed E-state index contributed by atoms with van der Waals surface area (Å²) < 4.78 is 0. The average Bonchev–Trinajstić information content (AvgIpc) is 2.25. The first-order valence-electron chi connectivity index (χ1n) is 6.38. The minimum Gasteiger partial charge on any atom is -0.356 e. The molecule has 17 heavy (non-hydrogen) atoms. The number of piperazine rings is 1. The Balaban J connectivity index is 0.00000256. The maximum atomic E-state index is 11.4. The van der Waals surface area contributed by atoms with Crippen LogP contribution in [-0.2, 0) is 4.79 Å². The number of hydrogen-bond acceptors (Lipinski definition) is 3. The average molecular weight is 264 g/mol. The Bertz CT molecular complexity index is 206. The topological polar surface area (TPSA) is 44.4 Å². The van der Waals surface area contributed by atoms with Crippen molar-refractivity contribution in [2.24, 2.45) is 5.92 Å². The van der Waals surface area contributed by atoms with E-state index in [0.29, 0.717) is 12.3 Å². The van der Waals surface area contributed by atoms with E-state index in [9.17, 15) is 4.79 Å². The predicted molar refractivity (Wildman–Crippen MR) is 73.6 cm³/mol. The molecule has 0 radical (unpaired) electrons. The van der Waals surface area contributed by atoms with Crippen LogP contribution in [0.3, 0.4) is 0 Å². The summed E-state index contributed by atoms with van der Waals surface area (Å²) in [5.74, 6) is 0.642. The smallest absolute Gasteiger partial charge is 0.220 e. The van der Waals surface area contributed by atoms with Gasteiger partial charge in [-0.25, -0.2) is 0 Å². The molecular weight excluding hydrogens is 238 g/mol. The van der Waals surface area contributed by atoms with Crippen molar-refractivity contribution in [3.63, 3.8) is 0 Å². The molecular formula is C12H26ClN3O. The molecule has 1 rings (SSSR count). The summed E-state index contributed by atoms with van der Waals surface area (Å²) in [6.07, 6.45) is 1.71. The van der Waals surface area contributed by atoms with E-state index in [1.165, 1.54) is 0 Å². The second kappa shape index (κ2) is 9.68. The number of nitrogens with zero attached hydrogens (tertiary/aromatic N) is 1. The second-order valence-corrected chi connectivity index (χ2v) is 4.89. The van der Waals surface area contributed by atoms with Crippen molar-refractivity contribution in [3.05, 3.63) is 0 Å². The third kappa shape index (κ3) is 8.41. The summed E-state index contributed by atoms with van der Waals surface area (Å²) in [4.78, 5) is 13.8. The molecule has 1 fully saturated rings. The van der Waals surface area contributed by atoms with Gasteiger partial charge in [-0.3, -0.25) is 4.79 Å². The molecule has 0 aromatic rings.